The molecule has 0 bridgehead atoms. The van der Waals surface area contributed by atoms with E-state index in [0.29, 0.717) is 18.7 Å². The fourth-order valence-corrected chi connectivity index (χ4v) is 4.55. The maximum Gasteiger partial charge on any atom is 0.254 e. The van der Waals surface area contributed by atoms with Crippen molar-refractivity contribution in [2.24, 2.45) is 7.05 Å². The van der Waals surface area contributed by atoms with E-state index in [2.05, 4.69) is 23.2 Å². The van der Waals surface area contributed by atoms with Gasteiger partial charge < -0.3 is 9.32 Å². The van der Waals surface area contributed by atoms with Crippen molar-refractivity contribution in [1.82, 2.24) is 19.7 Å². The average molecular weight is 408 g/mol. The SMILES string of the molecule is Cn1nc2c(c1-c1ccc3ccoc3c1)CCN(C(=O)c1ccc3ncccc3c1)C2. The first-order chi connectivity index (χ1) is 15.2. The van der Waals surface area contributed by atoms with Crippen LogP contribution in [-0.2, 0) is 20.0 Å². The Kier molecular flexibility index (Phi) is 3.93. The number of nitrogens with zero attached hydrogens (tertiary/aromatic N) is 4. The van der Waals surface area contributed by atoms with E-state index in [1.165, 1.54) is 5.56 Å². The van der Waals surface area contributed by atoms with Gasteiger partial charge in [0.05, 0.1) is 29.7 Å². The zero-order valence-corrected chi connectivity index (χ0v) is 17.1. The van der Waals surface area contributed by atoms with Crippen molar-refractivity contribution in [2.75, 3.05) is 6.54 Å². The molecule has 0 spiro atoms. The van der Waals surface area contributed by atoms with Gasteiger partial charge in [0.1, 0.15) is 5.58 Å². The Morgan fingerprint density at radius 3 is 2.94 bits per heavy atom. The molecular formula is C25H20N4O2. The van der Waals surface area contributed by atoms with Crippen molar-refractivity contribution in [1.29, 1.82) is 0 Å². The van der Waals surface area contributed by atoms with Gasteiger partial charge in [0, 0.05) is 47.3 Å². The Hall–Kier alpha value is -3.93. The minimum atomic E-state index is 0.0283. The Bertz CT molecular complexity index is 1460. The number of carbonyl (C=O) groups excluding carboxylic acids is 1. The second-order valence-electron chi connectivity index (χ2n) is 7.96. The number of rotatable bonds is 2. The highest BCUT2D eigenvalue weighted by Gasteiger charge is 2.27. The summed E-state index contributed by atoms with van der Waals surface area (Å²) in [7, 11) is 1.96. The molecule has 152 valence electrons. The number of hydrogen-bond acceptors (Lipinski definition) is 4. The molecule has 0 radical (unpaired) electrons. The molecule has 1 amide bonds. The van der Waals surface area contributed by atoms with Gasteiger partial charge >= 0.3 is 0 Å². The summed E-state index contributed by atoms with van der Waals surface area (Å²) in [5.41, 5.74) is 6.79. The number of hydrogen-bond donors (Lipinski definition) is 0. The van der Waals surface area contributed by atoms with Gasteiger partial charge in [-0.15, -0.1) is 0 Å². The van der Waals surface area contributed by atoms with E-state index in [9.17, 15) is 4.79 Å². The number of amides is 1. The number of pyridine rings is 1. The lowest BCUT2D eigenvalue weighted by Gasteiger charge is -2.26. The van der Waals surface area contributed by atoms with E-state index in [1.54, 1.807) is 12.5 Å². The van der Waals surface area contributed by atoms with Crippen LogP contribution in [0.15, 0.2) is 71.5 Å². The summed E-state index contributed by atoms with van der Waals surface area (Å²) in [6.07, 6.45) is 4.24. The predicted molar refractivity (Wildman–Crippen MR) is 119 cm³/mol. The van der Waals surface area contributed by atoms with Crippen molar-refractivity contribution < 1.29 is 9.21 Å². The molecule has 0 N–H and O–H groups in total. The van der Waals surface area contributed by atoms with Gasteiger partial charge in [0.2, 0.25) is 0 Å². The van der Waals surface area contributed by atoms with Gasteiger partial charge in [0.15, 0.2) is 0 Å². The van der Waals surface area contributed by atoms with Gasteiger partial charge in [-0.1, -0.05) is 18.2 Å². The number of benzene rings is 2. The first kappa shape index (κ1) is 17.9. The molecule has 6 nitrogen and oxygen atoms in total. The molecule has 0 atom stereocenters. The smallest absolute Gasteiger partial charge is 0.254 e. The summed E-state index contributed by atoms with van der Waals surface area (Å²) in [5, 5.41) is 6.81. The molecule has 5 aromatic rings. The average Bonchev–Trinajstić information content (AvgIpc) is 3.40. The molecule has 6 heteroatoms. The lowest BCUT2D eigenvalue weighted by molar-refractivity contribution is 0.0732. The number of aryl methyl sites for hydroxylation is 1. The molecule has 4 heterocycles. The highest BCUT2D eigenvalue weighted by Crippen LogP contribution is 2.32. The van der Waals surface area contributed by atoms with Gasteiger partial charge in [-0.05, 0) is 42.8 Å². The third-order valence-corrected chi connectivity index (χ3v) is 6.07. The van der Waals surface area contributed by atoms with Crippen LogP contribution >= 0.6 is 0 Å². The summed E-state index contributed by atoms with van der Waals surface area (Å²) >= 11 is 0. The maximum atomic E-state index is 13.2. The van der Waals surface area contributed by atoms with Gasteiger partial charge in [0.25, 0.3) is 5.91 Å². The topological polar surface area (TPSA) is 64.2 Å². The van der Waals surface area contributed by atoms with Crippen LogP contribution in [0.25, 0.3) is 33.1 Å². The van der Waals surface area contributed by atoms with Gasteiger partial charge in [-0.2, -0.15) is 5.10 Å². The zero-order valence-electron chi connectivity index (χ0n) is 17.1. The highest BCUT2D eigenvalue weighted by atomic mass is 16.3. The van der Waals surface area contributed by atoms with Gasteiger partial charge in [-0.3, -0.25) is 14.5 Å². The lowest BCUT2D eigenvalue weighted by Crippen LogP contribution is -2.36. The number of fused-ring (bicyclic) bond motifs is 3. The highest BCUT2D eigenvalue weighted by molar-refractivity contribution is 5.98. The predicted octanol–water partition coefficient (Wildman–Crippen LogP) is 4.58. The third kappa shape index (κ3) is 2.91. The molecule has 1 aliphatic heterocycles. The molecular weight excluding hydrogens is 388 g/mol. The monoisotopic (exact) mass is 408 g/mol. The Balaban J connectivity index is 1.32. The van der Waals surface area contributed by atoms with Crippen LogP contribution < -0.4 is 0 Å². The molecule has 0 aliphatic carbocycles. The molecule has 0 saturated heterocycles. The maximum absolute atomic E-state index is 13.2. The molecule has 0 unspecified atom stereocenters. The van der Waals surface area contributed by atoms with E-state index in [1.807, 2.05) is 53.0 Å². The fraction of sp³-hybridized carbons (Fsp3) is 0.160. The Labute approximate surface area is 178 Å². The normalized spacial score (nSPS) is 13.6. The Morgan fingerprint density at radius 2 is 2.00 bits per heavy atom. The first-order valence-electron chi connectivity index (χ1n) is 10.3. The largest absolute Gasteiger partial charge is 0.464 e. The number of carbonyl (C=O) groups is 1. The number of aromatic nitrogens is 3. The van der Waals surface area contributed by atoms with E-state index in [0.717, 1.165) is 45.2 Å². The van der Waals surface area contributed by atoms with Crippen molar-refractivity contribution in [2.45, 2.75) is 13.0 Å². The molecule has 2 aromatic carbocycles. The quantitative estimate of drug-likeness (QED) is 0.429. The minimum Gasteiger partial charge on any atom is -0.464 e. The van der Waals surface area contributed by atoms with Gasteiger partial charge in [-0.25, -0.2) is 0 Å². The van der Waals surface area contributed by atoms with Crippen LogP contribution in [-0.4, -0.2) is 32.1 Å². The van der Waals surface area contributed by atoms with Crippen LogP contribution in [0.2, 0.25) is 0 Å². The van der Waals surface area contributed by atoms with Crippen molar-refractivity contribution in [3.63, 3.8) is 0 Å². The van der Waals surface area contributed by atoms with E-state index in [-0.39, 0.29) is 5.91 Å². The van der Waals surface area contributed by atoms with E-state index in [4.69, 9.17) is 9.52 Å². The molecule has 0 saturated carbocycles. The van der Waals surface area contributed by atoms with Crippen molar-refractivity contribution in [3.05, 3.63) is 83.9 Å². The summed E-state index contributed by atoms with van der Waals surface area (Å²) in [4.78, 5) is 19.4. The summed E-state index contributed by atoms with van der Waals surface area (Å²) < 4.78 is 7.50. The zero-order chi connectivity index (χ0) is 20.9. The Morgan fingerprint density at radius 1 is 1.06 bits per heavy atom. The summed E-state index contributed by atoms with van der Waals surface area (Å²) in [6, 6.07) is 17.8. The van der Waals surface area contributed by atoms with E-state index < -0.39 is 0 Å². The third-order valence-electron chi connectivity index (χ3n) is 6.07. The number of furan rings is 1. The molecule has 1 aliphatic rings. The molecule has 0 fully saturated rings. The van der Waals surface area contributed by atoms with Crippen LogP contribution in [0, 0.1) is 0 Å². The lowest BCUT2D eigenvalue weighted by atomic mass is 9.98. The summed E-state index contributed by atoms with van der Waals surface area (Å²) in [5.74, 6) is 0.0283. The minimum absolute atomic E-state index is 0.0283. The molecule has 6 rings (SSSR count). The first-order valence-corrected chi connectivity index (χ1v) is 10.3. The fourth-order valence-electron chi connectivity index (χ4n) is 4.55. The molecule has 3 aromatic heterocycles. The van der Waals surface area contributed by atoms with Crippen LogP contribution in [0.5, 0.6) is 0 Å². The van der Waals surface area contributed by atoms with Crippen LogP contribution in [0.1, 0.15) is 21.6 Å². The van der Waals surface area contributed by atoms with Crippen molar-refractivity contribution in [3.8, 4) is 11.3 Å². The standard InChI is InChI=1S/C25H20N4O2/c1-28-24(18-5-4-16-9-12-31-23(16)14-18)20-8-11-29(15-22(20)27-28)25(30)19-6-7-21-17(13-19)3-2-10-26-21/h2-7,9-10,12-14H,8,11,15H2,1H3. The second kappa shape index (κ2) is 6.80. The van der Waals surface area contributed by atoms with Crippen molar-refractivity contribution >= 4 is 27.8 Å². The van der Waals surface area contributed by atoms with E-state index >= 15 is 0 Å². The van der Waals surface area contributed by atoms with Crippen LogP contribution in [0.3, 0.4) is 0 Å². The van der Waals surface area contributed by atoms with Crippen LogP contribution in [0.4, 0.5) is 0 Å². The summed E-state index contributed by atoms with van der Waals surface area (Å²) in [6.45, 7) is 1.18. The second-order valence-corrected chi connectivity index (χ2v) is 7.96. The molecule has 31 heavy (non-hydrogen) atoms.